The molecule has 16 heavy (non-hydrogen) atoms. The van der Waals surface area contributed by atoms with Gasteiger partial charge in [-0.1, -0.05) is 12.1 Å². The first kappa shape index (κ1) is 10.7. The number of rotatable bonds is 3. The number of esters is 1. The van der Waals surface area contributed by atoms with Gasteiger partial charge in [0.15, 0.2) is 5.78 Å². The van der Waals surface area contributed by atoms with Gasteiger partial charge in [-0.3, -0.25) is 9.59 Å². The Labute approximate surface area is 93.2 Å². The second-order valence-corrected chi connectivity index (χ2v) is 3.68. The summed E-state index contributed by atoms with van der Waals surface area (Å²) in [7, 11) is 1.55. The van der Waals surface area contributed by atoms with E-state index in [2.05, 4.69) is 0 Å². The molecule has 0 bridgehead atoms. The van der Waals surface area contributed by atoms with E-state index in [1.165, 1.54) is 0 Å². The van der Waals surface area contributed by atoms with E-state index in [4.69, 9.17) is 9.47 Å². The van der Waals surface area contributed by atoms with Crippen molar-refractivity contribution in [3.63, 3.8) is 0 Å². The van der Waals surface area contributed by atoms with Gasteiger partial charge in [-0.05, 0) is 12.1 Å². The van der Waals surface area contributed by atoms with Crippen molar-refractivity contribution in [2.75, 3.05) is 13.7 Å². The number of methoxy groups -OCH3 is 1. The van der Waals surface area contributed by atoms with Crippen LogP contribution in [0.25, 0.3) is 0 Å². The van der Waals surface area contributed by atoms with Crippen molar-refractivity contribution in [2.24, 2.45) is 5.92 Å². The molecule has 4 heteroatoms. The summed E-state index contributed by atoms with van der Waals surface area (Å²) in [5.74, 6) is -0.0818. The number of hydrogen-bond acceptors (Lipinski definition) is 4. The van der Waals surface area contributed by atoms with Crippen LogP contribution in [-0.2, 0) is 9.53 Å². The average molecular weight is 220 g/mol. The summed E-state index contributed by atoms with van der Waals surface area (Å²) in [4.78, 5) is 22.9. The third-order valence-electron chi connectivity index (χ3n) is 2.58. The molecule has 0 aromatic heterocycles. The van der Waals surface area contributed by atoms with Crippen LogP contribution in [0, 0.1) is 5.92 Å². The third kappa shape index (κ3) is 2.05. The molecule has 1 unspecified atom stereocenters. The lowest BCUT2D eigenvalue weighted by molar-refractivity contribution is -0.137. The molecule has 1 atom stereocenters. The van der Waals surface area contributed by atoms with E-state index >= 15 is 0 Å². The van der Waals surface area contributed by atoms with Crippen LogP contribution in [0.15, 0.2) is 24.3 Å². The Kier molecular flexibility index (Phi) is 2.90. The van der Waals surface area contributed by atoms with Crippen LogP contribution in [0.2, 0.25) is 0 Å². The number of carbonyl (C=O) groups excluding carboxylic acids is 2. The lowest BCUT2D eigenvalue weighted by atomic mass is 9.97. The summed E-state index contributed by atoms with van der Waals surface area (Å²) >= 11 is 0. The van der Waals surface area contributed by atoms with Crippen molar-refractivity contribution in [3.05, 3.63) is 29.8 Å². The second kappa shape index (κ2) is 4.35. The molecule has 1 aromatic rings. The normalized spacial score (nSPS) is 19.3. The van der Waals surface area contributed by atoms with Gasteiger partial charge in [0, 0.05) is 5.56 Å². The zero-order chi connectivity index (χ0) is 11.5. The van der Waals surface area contributed by atoms with Crippen LogP contribution in [0.5, 0.6) is 5.75 Å². The second-order valence-electron chi connectivity index (χ2n) is 3.68. The maximum absolute atomic E-state index is 12.0. The quantitative estimate of drug-likeness (QED) is 0.571. The van der Waals surface area contributed by atoms with Crippen LogP contribution >= 0.6 is 0 Å². The van der Waals surface area contributed by atoms with E-state index in [-0.39, 0.29) is 30.7 Å². The summed E-state index contributed by atoms with van der Waals surface area (Å²) in [5.41, 5.74) is 0.558. The Balaban J connectivity index is 2.17. The van der Waals surface area contributed by atoms with Crippen molar-refractivity contribution < 1.29 is 19.1 Å². The molecular formula is C12H12O4. The molecule has 1 heterocycles. The lowest BCUT2D eigenvalue weighted by Gasteiger charge is -2.06. The summed E-state index contributed by atoms with van der Waals surface area (Å²) < 4.78 is 9.81. The largest absolute Gasteiger partial charge is 0.497 e. The van der Waals surface area contributed by atoms with Crippen LogP contribution in [0.4, 0.5) is 0 Å². The lowest BCUT2D eigenvalue weighted by Crippen LogP contribution is -2.14. The summed E-state index contributed by atoms with van der Waals surface area (Å²) in [6.07, 6.45) is 0.177. The van der Waals surface area contributed by atoms with E-state index in [0.717, 1.165) is 0 Å². The van der Waals surface area contributed by atoms with Crippen molar-refractivity contribution in [1.29, 1.82) is 0 Å². The standard InChI is InChI=1S/C12H12O4/c1-15-10-4-2-3-8(5-10)12(14)9-6-11(13)16-7-9/h2-5,9H,6-7H2,1H3. The Morgan fingerprint density at radius 3 is 2.94 bits per heavy atom. The predicted molar refractivity (Wildman–Crippen MR) is 56.4 cm³/mol. The molecular weight excluding hydrogens is 208 g/mol. The Hall–Kier alpha value is -1.84. The molecule has 0 amide bonds. The minimum Gasteiger partial charge on any atom is -0.497 e. The number of ketones is 1. The zero-order valence-corrected chi connectivity index (χ0v) is 8.93. The van der Waals surface area contributed by atoms with Gasteiger partial charge in [-0.25, -0.2) is 0 Å². The van der Waals surface area contributed by atoms with Crippen molar-refractivity contribution >= 4 is 11.8 Å². The highest BCUT2D eigenvalue weighted by atomic mass is 16.5. The molecule has 84 valence electrons. The monoisotopic (exact) mass is 220 g/mol. The van der Waals surface area contributed by atoms with Crippen molar-refractivity contribution in [2.45, 2.75) is 6.42 Å². The zero-order valence-electron chi connectivity index (χ0n) is 8.93. The van der Waals surface area contributed by atoms with Crippen molar-refractivity contribution in [3.8, 4) is 5.75 Å². The molecule has 1 fully saturated rings. The minimum atomic E-state index is -0.348. The summed E-state index contributed by atoms with van der Waals surface area (Å²) in [6, 6.07) is 6.91. The molecule has 2 rings (SSSR count). The maximum Gasteiger partial charge on any atom is 0.306 e. The number of carbonyl (C=O) groups is 2. The molecule has 0 saturated carbocycles. The van der Waals surface area contributed by atoms with Gasteiger partial charge in [0.25, 0.3) is 0 Å². The Bertz CT molecular complexity index is 425. The average Bonchev–Trinajstić information content (AvgIpc) is 2.75. The Morgan fingerprint density at radius 1 is 1.50 bits per heavy atom. The van der Waals surface area contributed by atoms with E-state index in [0.29, 0.717) is 11.3 Å². The fourth-order valence-electron chi connectivity index (χ4n) is 1.69. The summed E-state index contributed by atoms with van der Waals surface area (Å²) in [6.45, 7) is 0.189. The molecule has 1 aliphatic heterocycles. The highest BCUT2D eigenvalue weighted by Crippen LogP contribution is 2.21. The van der Waals surface area contributed by atoms with Crippen LogP contribution in [0.3, 0.4) is 0 Å². The number of hydrogen-bond donors (Lipinski definition) is 0. The van der Waals surface area contributed by atoms with Crippen LogP contribution < -0.4 is 4.74 Å². The minimum absolute atomic E-state index is 0.0650. The molecule has 0 aliphatic carbocycles. The molecule has 1 aliphatic rings. The molecule has 0 radical (unpaired) electrons. The first-order valence-corrected chi connectivity index (χ1v) is 5.04. The van der Waals surface area contributed by atoms with Crippen LogP contribution in [0.1, 0.15) is 16.8 Å². The third-order valence-corrected chi connectivity index (χ3v) is 2.58. The SMILES string of the molecule is COc1cccc(C(=O)C2COC(=O)C2)c1. The molecule has 0 N–H and O–H groups in total. The fourth-order valence-corrected chi connectivity index (χ4v) is 1.69. The first-order chi connectivity index (χ1) is 7.70. The molecule has 0 spiro atoms. The molecule has 1 aromatic carbocycles. The predicted octanol–water partition coefficient (Wildman–Crippen LogP) is 1.44. The molecule has 1 saturated heterocycles. The van der Waals surface area contributed by atoms with E-state index < -0.39 is 0 Å². The van der Waals surface area contributed by atoms with Gasteiger partial charge in [0.05, 0.1) is 19.4 Å². The van der Waals surface area contributed by atoms with E-state index in [1.807, 2.05) is 0 Å². The maximum atomic E-state index is 12.0. The summed E-state index contributed by atoms with van der Waals surface area (Å²) in [5, 5.41) is 0. The first-order valence-electron chi connectivity index (χ1n) is 5.04. The van der Waals surface area contributed by atoms with Gasteiger partial charge < -0.3 is 9.47 Å². The van der Waals surface area contributed by atoms with Crippen LogP contribution in [-0.4, -0.2) is 25.5 Å². The highest BCUT2D eigenvalue weighted by molar-refractivity contribution is 6.00. The van der Waals surface area contributed by atoms with E-state index in [1.54, 1.807) is 31.4 Å². The van der Waals surface area contributed by atoms with Gasteiger partial charge >= 0.3 is 5.97 Å². The smallest absolute Gasteiger partial charge is 0.306 e. The Morgan fingerprint density at radius 2 is 2.31 bits per heavy atom. The van der Waals surface area contributed by atoms with Gasteiger partial charge in [0.1, 0.15) is 12.4 Å². The van der Waals surface area contributed by atoms with E-state index in [9.17, 15) is 9.59 Å². The molecule has 4 nitrogen and oxygen atoms in total. The van der Waals surface area contributed by atoms with Gasteiger partial charge in [-0.15, -0.1) is 0 Å². The fraction of sp³-hybridized carbons (Fsp3) is 0.333. The highest BCUT2D eigenvalue weighted by Gasteiger charge is 2.30. The number of benzene rings is 1. The number of Topliss-reactive ketones (excluding diaryl/α,β-unsaturated/α-hetero) is 1. The van der Waals surface area contributed by atoms with Gasteiger partial charge in [-0.2, -0.15) is 0 Å². The number of cyclic esters (lactones) is 1. The topological polar surface area (TPSA) is 52.6 Å². The van der Waals surface area contributed by atoms with Gasteiger partial charge in [0.2, 0.25) is 0 Å². The van der Waals surface area contributed by atoms with Crippen molar-refractivity contribution in [1.82, 2.24) is 0 Å². The number of ether oxygens (including phenoxy) is 2.